The van der Waals surface area contributed by atoms with Crippen LogP contribution in [0, 0.1) is 71.1 Å². The van der Waals surface area contributed by atoms with Crippen LogP contribution in [0.25, 0.3) is 0 Å². The largest absolute Gasteiger partial charge is 0.744 e. The van der Waals surface area contributed by atoms with Crippen molar-refractivity contribution in [2.24, 2.45) is 0 Å². The maximum Gasteiger partial charge on any atom is 0.124 e. The molecule has 41 heavy (non-hydrogen) atoms. The Balaban J connectivity index is 0.000000224. The molecule has 0 atom stereocenters. The summed E-state index contributed by atoms with van der Waals surface area (Å²) in [6.45, 7) is 1.82. The third kappa shape index (κ3) is 13.6. The van der Waals surface area contributed by atoms with Crippen LogP contribution in [0.2, 0.25) is 0 Å². The van der Waals surface area contributed by atoms with E-state index in [1.165, 1.54) is 28.0 Å². The van der Waals surface area contributed by atoms with Crippen molar-refractivity contribution in [3.63, 3.8) is 0 Å². The molecule has 2 aliphatic rings. The summed E-state index contributed by atoms with van der Waals surface area (Å²) in [7, 11) is -4.72. The standard InChI is InChI=1S/C18H15P.C7H8O3S.2C5H5.W/c1-4-10-16(11-5-1)19(17-12-6-2-7-13-17)18-14-8-3-9-15-18;1-6-2-4-7(5-3-6)11(8,9)10;2*1-2-4-5-3-1;/h1-15H;2-5H,1H3,(H,8,9,10);2*1-5H;/p-1. The van der Waals surface area contributed by atoms with Crippen LogP contribution in [0.1, 0.15) is 5.56 Å². The molecule has 0 aliphatic heterocycles. The molecular weight excluding hydrogens is 715 g/mol. The van der Waals surface area contributed by atoms with Gasteiger partial charge in [-0.3, -0.25) is 0 Å². The Hall–Kier alpha value is -2.09. The second kappa shape index (κ2) is 19.9. The summed E-state index contributed by atoms with van der Waals surface area (Å²) < 4.78 is 31.2. The van der Waals surface area contributed by atoms with E-state index < -0.39 is 18.0 Å². The smallest absolute Gasteiger partial charge is 0.124 e. The fourth-order valence-electron chi connectivity index (χ4n) is 3.52. The first-order valence-corrected chi connectivity index (χ1v) is 15.5. The molecule has 3 nitrogen and oxygen atoms in total. The van der Waals surface area contributed by atoms with Gasteiger partial charge < -0.3 is 4.55 Å². The van der Waals surface area contributed by atoms with Crippen molar-refractivity contribution >= 4 is 34.0 Å². The van der Waals surface area contributed by atoms with E-state index in [4.69, 9.17) is 0 Å². The number of rotatable bonds is 4. The van der Waals surface area contributed by atoms with E-state index >= 15 is 0 Å². The molecule has 0 bridgehead atoms. The summed E-state index contributed by atoms with van der Waals surface area (Å²) in [6.07, 6.45) is 20.0. The number of hydrogen-bond acceptors (Lipinski definition) is 3. The second-order valence-electron chi connectivity index (χ2n) is 8.53. The van der Waals surface area contributed by atoms with Crippen LogP contribution in [-0.4, -0.2) is 13.0 Å². The fourth-order valence-corrected chi connectivity index (χ4v) is 6.30. The van der Waals surface area contributed by atoms with Crippen molar-refractivity contribution in [2.45, 2.75) is 11.8 Å². The Kier molecular flexibility index (Phi) is 17.1. The van der Waals surface area contributed by atoms with Crippen LogP contribution in [-0.2, 0) is 31.2 Å². The van der Waals surface area contributed by atoms with Gasteiger partial charge in [0.1, 0.15) is 10.1 Å². The monoisotopic (exact) mass is 747 g/mol. The third-order valence-corrected chi connectivity index (χ3v) is 8.76. The van der Waals surface area contributed by atoms with Gasteiger partial charge in [0.05, 0.1) is 4.90 Å². The Morgan fingerprint density at radius 3 is 0.976 bits per heavy atom. The summed E-state index contributed by atoms with van der Waals surface area (Å²) in [5.41, 5.74) is 0.928. The van der Waals surface area contributed by atoms with Gasteiger partial charge in [0.15, 0.2) is 0 Å². The van der Waals surface area contributed by atoms with E-state index in [9.17, 15) is 13.0 Å². The predicted octanol–water partition coefficient (Wildman–Crippen LogP) is 6.38. The van der Waals surface area contributed by atoms with Gasteiger partial charge in [-0.15, -0.1) is 0 Å². The molecule has 2 saturated carbocycles. The van der Waals surface area contributed by atoms with Crippen molar-refractivity contribution in [2.75, 3.05) is 0 Å². The number of benzene rings is 4. The van der Waals surface area contributed by atoms with E-state index in [2.05, 4.69) is 91.0 Å². The molecular formula is C35H32O3PSW-. The van der Waals surface area contributed by atoms with E-state index in [0.717, 1.165) is 5.56 Å². The molecule has 0 saturated heterocycles. The predicted molar refractivity (Wildman–Crippen MR) is 167 cm³/mol. The van der Waals surface area contributed by atoms with Crippen molar-refractivity contribution in [3.05, 3.63) is 185 Å². The van der Waals surface area contributed by atoms with E-state index in [0.29, 0.717) is 0 Å². The van der Waals surface area contributed by atoms with Gasteiger partial charge in [-0.2, -0.15) is 0 Å². The first-order chi connectivity index (χ1) is 19.4. The molecule has 2 fully saturated rings. The number of aryl methyl sites for hydroxylation is 1. The van der Waals surface area contributed by atoms with E-state index in [1.807, 2.05) is 71.1 Å². The van der Waals surface area contributed by atoms with Gasteiger partial charge in [-0.05, 0) is 107 Å². The molecule has 6 rings (SSSR count). The molecule has 2 aliphatic carbocycles. The average molecular weight is 748 g/mol. The zero-order valence-electron chi connectivity index (χ0n) is 22.7. The maximum atomic E-state index is 10.4. The SMILES string of the molecule is Cc1ccc(S(=O)(=O)[O-])cc1.[CH]1[CH][CH][CH][CH]1.[CH]1[CH][CH][CH][CH]1.[W].c1ccc(P(c2ccccc2)c2ccccc2)cc1. The summed E-state index contributed by atoms with van der Waals surface area (Å²) in [6, 6.07) is 38.1. The normalized spacial score (nSPS) is 13.8. The molecule has 0 N–H and O–H groups in total. The van der Waals surface area contributed by atoms with Crippen LogP contribution >= 0.6 is 7.92 Å². The quantitative estimate of drug-likeness (QED) is 0.180. The molecule has 10 radical (unpaired) electrons. The average Bonchev–Trinajstić information content (AvgIpc) is 3.76. The maximum absolute atomic E-state index is 10.4. The molecule has 4 aromatic rings. The minimum Gasteiger partial charge on any atom is -0.744 e. The van der Waals surface area contributed by atoms with Crippen LogP contribution in [0.4, 0.5) is 0 Å². The zero-order chi connectivity index (χ0) is 28.5. The van der Waals surface area contributed by atoms with Gasteiger partial charge in [0.25, 0.3) is 0 Å². The van der Waals surface area contributed by atoms with Gasteiger partial charge in [-0.25, -0.2) is 8.42 Å². The molecule has 4 aromatic carbocycles. The molecule has 0 unspecified atom stereocenters. The fraction of sp³-hybridized carbons (Fsp3) is 0.0286. The summed E-state index contributed by atoms with van der Waals surface area (Å²) in [4.78, 5) is -0.178. The summed E-state index contributed by atoms with van der Waals surface area (Å²) in [5.74, 6) is 0. The van der Waals surface area contributed by atoms with Crippen LogP contribution in [0.3, 0.4) is 0 Å². The molecule has 0 heterocycles. The first-order valence-electron chi connectivity index (χ1n) is 12.8. The van der Waals surface area contributed by atoms with Crippen LogP contribution < -0.4 is 15.9 Å². The van der Waals surface area contributed by atoms with Gasteiger partial charge >= 0.3 is 0 Å². The van der Waals surface area contributed by atoms with Crippen LogP contribution in [0.15, 0.2) is 120 Å². The first kappa shape index (κ1) is 35.1. The van der Waals surface area contributed by atoms with Gasteiger partial charge in [0.2, 0.25) is 0 Å². The van der Waals surface area contributed by atoms with Crippen molar-refractivity contribution < 1.29 is 34.0 Å². The minimum atomic E-state index is -4.27. The van der Waals surface area contributed by atoms with Crippen molar-refractivity contribution in [1.82, 2.24) is 0 Å². The topological polar surface area (TPSA) is 57.2 Å². The Bertz CT molecular complexity index is 1190. The van der Waals surface area contributed by atoms with Crippen molar-refractivity contribution in [1.29, 1.82) is 0 Å². The summed E-state index contributed by atoms with van der Waals surface area (Å²) >= 11 is 0. The zero-order valence-corrected chi connectivity index (χ0v) is 27.4. The molecule has 208 valence electrons. The molecule has 0 aromatic heterocycles. The molecule has 6 heteroatoms. The molecule has 0 amide bonds. The van der Waals surface area contributed by atoms with Crippen LogP contribution in [0.5, 0.6) is 0 Å². The van der Waals surface area contributed by atoms with Gasteiger partial charge in [0, 0.05) is 21.1 Å². The molecule has 0 spiro atoms. The van der Waals surface area contributed by atoms with E-state index in [-0.39, 0.29) is 26.0 Å². The Morgan fingerprint density at radius 1 is 0.463 bits per heavy atom. The van der Waals surface area contributed by atoms with E-state index in [1.54, 1.807) is 12.1 Å². The summed E-state index contributed by atoms with van der Waals surface area (Å²) in [5, 5.41) is 4.19. The van der Waals surface area contributed by atoms with Crippen molar-refractivity contribution in [3.8, 4) is 0 Å². The third-order valence-electron chi connectivity index (χ3n) is 5.46. The number of hydrogen-bond donors (Lipinski definition) is 0. The Morgan fingerprint density at radius 2 is 0.732 bits per heavy atom. The second-order valence-corrected chi connectivity index (χ2v) is 12.1. The Labute approximate surface area is 263 Å². The van der Waals surface area contributed by atoms with Gasteiger partial charge in [-0.1, -0.05) is 109 Å². The minimum absolute atomic E-state index is 0.